The highest BCUT2D eigenvalue weighted by atomic mass is 16.5. The number of rotatable bonds is 4. The van der Waals surface area contributed by atoms with Gasteiger partial charge >= 0.3 is 5.97 Å². The van der Waals surface area contributed by atoms with E-state index in [1.54, 1.807) is 24.3 Å². The van der Waals surface area contributed by atoms with Crippen LogP contribution in [-0.4, -0.2) is 67.4 Å². The average Bonchev–Trinajstić information content (AvgIpc) is 2.89. The van der Waals surface area contributed by atoms with Crippen LogP contribution in [0.25, 0.3) is 0 Å². The molecule has 1 fully saturated rings. The fourth-order valence-electron chi connectivity index (χ4n) is 4.34. The largest absolute Gasteiger partial charge is 0.465 e. The Bertz CT molecular complexity index is 946. The van der Waals surface area contributed by atoms with Gasteiger partial charge in [-0.25, -0.2) is 4.79 Å². The van der Waals surface area contributed by atoms with Gasteiger partial charge in [0.15, 0.2) is 0 Å². The molecule has 2 amide bonds. The van der Waals surface area contributed by atoms with Gasteiger partial charge in [0, 0.05) is 18.7 Å². The highest BCUT2D eigenvalue weighted by molar-refractivity contribution is 5.96. The lowest BCUT2D eigenvalue weighted by Gasteiger charge is -2.32. The molecule has 0 aromatic heterocycles. The molecule has 0 radical (unpaired) electrons. The quantitative estimate of drug-likeness (QED) is 0.697. The van der Waals surface area contributed by atoms with E-state index in [2.05, 4.69) is 17.1 Å². The lowest BCUT2D eigenvalue weighted by Crippen LogP contribution is -2.39. The van der Waals surface area contributed by atoms with Crippen molar-refractivity contribution in [3.8, 4) is 0 Å². The first-order valence-corrected chi connectivity index (χ1v) is 12.1. The van der Waals surface area contributed by atoms with Crippen molar-refractivity contribution in [3.63, 3.8) is 0 Å². The zero-order valence-corrected chi connectivity index (χ0v) is 20.2. The first-order valence-electron chi connectivity index (χ1n) is 12.1. The number of benzene rings is 2. The monoisotopic (exact) mass is 465 g/mol. The van der Waals surface area contributed by atoms with E-state index in [9.17, 15) is 14.4 Å². The predicted octanol–water partition coefficient (Wildman–Crippen LogP) is 3.67. The zero-order chi connectivity index (χ0) is 24.3. The molecule has 2 aromatic rings. The van der Waals surface area contributed by atoms with Gasteiger partial charge in [-0.2, -0.15) is 0 Å². The summed E-state index contributed by atoms with van der Waals surface area (Å²) in [4.78, 5) is 42.6. The molecule has 1 aliphatic heterocycles. The number of esters is 1. The second-order valence-corrected chi connectivity index (χ2v) is 8.54. The molecular weight excluding hydrogens is 430 g/mol. The van der Waals surface area contributed by atoms with E-state index < -0.39 is 5.97 Å². The van der Waals surface area contributed by atoms with Crippen molar-refractivity contribution in [3.05, 3.63) is 71.3 Å². The first-order chi connectivity index (χ1) is 16.5. The van der Waals surface area contributed by atoms with Gasteiger partial charge in [0.25, 0.3) is 5.91 Å². The van der Waals surface area contributed by atoms with Gasteiger partial charge in [-0.15, -0.1) is 0 Å². The fourth-order valence-corrected chi connectivity index (χ4v) is 4.34. The van der Waals surface area contributed by atoms with Crippen LogP contribution in [0, 0.1) is 0 Å². The molecule has 7 nitrogen and oxygen atoms in total. The van der Waals surface area contributed by atoms with E-state index in [0.717, 1.165) is 44.5 Å². The Balaban J connectivity index is 1.91. The minimum Gasteiger partial charge on any atom is -0.465 e. The number of carbonyl (C=O) groups excluding carboxylic acids is 3. The Hall–Kier alpha value is -3.19. The molecule has 7 heteroatoms. The van der Waals surface area contributed by atoms with E-state index in [-0.39, 0.29) is 24.3 Å². The molecule has 2 aromatic carbocycles. The SMILES string of the molecule is CCN1CCCCN(C(=O)c2ccc(C(=O)OC)cc2)C(c2ccccc2)CC(=O)NCCC1. The molecule has 3 rings (SSSR count). The Morgan fingerprint density at radius 1 is 0.941 bits per heavy atom. The van der Waals surface area contributed by atoms with Gasteiger partial charge < -0.3 is 19.9 Å². The summed E-state index contributed by atoms with van der Waals surface area (Å²) in [6.07, 6.45) is 2.92. The summed E-state index contributed by atoms with van der Waals surface area (Å²) < 4.78 is 4.76. The summed E-state index contributed by atoms with van der Waals surface area (Å²) in [6.45, 7) is 6.21. The van der Waals surface area contributed by atoms with E-state index >= 15 is 0 Å². The molecule has 1 saturated heterocycles. The zero-order valence-electron chi connectivity index (χ0n) is 20.2. The van der Waals surface area contributed by atoms with E-state index in [0.29, 0.717) is 24.2 Å². The van der Waals surface area contributed by atoms with Crippen LogP contribution in [0.2, 0.25) is 0 Å². The molecule has 0 aliphatic carbocycles. The fraction of sp³-hybridized carbons (Fsp3) is 0.444. The first kappa shape index (κ1) is 25.4. The van der Waals surface area contributed by atoms with Gasteiger partial charge in [0.05, 0.1) is 25.1 Å². The highest BCUT2D eigenvalue weighted by Crippen LogP contribution is 2.27. The number of nitrogens with one attached hydrogen (secondary N) is 1. The molecule has 34 heavy (non-hydrogen) atoms. The average molecular weight is 466 g/mol. The van der Waals surface area contributed by atoms with Crippen LogP contribution in [0.3, 0.4) is 0 Å². The van der Waals surface area contributed by atoms with Gasteiger partial charge in [0.2, 0.25) is 5.91 Å². The molecule has 1 heterocycles. The summed E-state index contributed by atoms with van der Waals surface area (Å²) in [5.41, 5.74) is 1.80. The van der Waals surface area contributed by atoms with Crippen molar-refractivity contribution in [1.29, 1.82) is 0 Å². The lowest BCUT2D eigenvalue weighted by molar-refractivity contribution is -0.122. The van der Waals surface area contributed by atoms with Crippen molar-refractivity contribution in [1.82, 2.24) is 15.1 Å². The third-order valence-corrected chi connectivity index (χ3v) is 6.30. The van der Waals surface area contributed by atoms with E-state index in [1.807, 2.05) is 35.2 Å². The van der Waals surface area contributed by atoms with Gasteiger partial charge in [-0.1, -0.05) is 37.3 Å². The normalized spacial score (nSPS) is 18.7. The Labute approximate surface area is 202 Å². The molecule has 0 bridgehead atoms. The van der Waals surface area contributed by atoms with Crippen molar-refractivity contribution >= 4 is 17.8 Å². The second-order valence-electron chi connectivity index (χ2n) is 8.54. The summed E-state index contributed by atoms with van der Waals surface area (Å²) in [5.74, 6) is -0.657. The van der Waals surface area contributed by atoms with Crippen LogP contribution < -0.4 is 5.32 Å². The van der Waals surface area contributed by atoms with Crippen LogP contribution >= 0.6 is 0 Å². The number of methoxy groups -OCH3 is 1. The predicted molar refractivity (Wildman–Crippen MR) is 132 cm³/mol. The van der Waals surface area contributed by atoms with Crippen LogP contribution in [0.4, 0.5) is 0 Å². The maximum absolute atomic E-state index is 13.7. The van der Waals surface area contributed by atoms with Crippen molar-refractivity contribution in [2.75, 3.05) is 39.8 Å². The lowest BCUT2D eigenvalue weighted by atomic mass is 9.99. The summed E-state index contributed by atoms with van der Waals surface area (Å²) in [5, 5.41) is 3.04. The summed E-state index contributed by atoms with van der Waals surface area (Å²) >= 11 is 0. The van der Waals surface area contributed by atoms with Crippen LogP contribution in [0.1, 0.15) is 64.9 Å². The maximum Gasteiger partial charge on any atom is 0.337 e. The molecular formula is C27H35N3O4. The van der Waals surface area contributed by atoms with Gasteiger partial charge in [0.1, 0.15) is 0 Å². The Kier molecular flexibility index (Phi) is 9.64. The second kappa shape index (κ2) is 12.9. The summed E-state index contributed by atoms with van der Waals surface area (Å²) in [6, 6.07) is 15.9. The van der Waals surface area contributed by atoms with Crippen molar-refractivity contribution < 1.29 is 19.1 Å². The third kappa shape index (κ3) is 6.90. The number of ether oxygens (including phenoxy) is 1. The van der Waals surface area contributed by atoms with E-state index in [1.165, 1.54) is 7.11 Å². The van der Waals surface area contributed by atoms with Gasteiger partial charge in [-0.3, -0.25) is 9.59 Å². The molecule has 0 spiro atoms. The van der Waals surface area contributed by atoms with Crippen molar-refractivity contribution in [2.24, 2.45) is 0 Å². The van der Waals surface area contributed by atoms with Crippen LogP contribution in [0.15, 0.2) is 54.6 Å². The van der Waals surface area contributed by atoms with Crippen molar-refractivity contribution in [2.45, 2.75) is 38.6 Å². The smallest absolute Gasteiger partial charge is 0.337 e. The minimum absolute atomic E-state index is 0.0602. The third-order valence-electron chi connectivity index (χ3n) is 6.30. The molecule has 0 saturated carbocycles. The molecule has 182 valence electrons. The maximum atomic E-state index is 13.7. The molecule has 1 unspecified atom stereocenters. The number of hydrogen-bond donors (Lipinski definition) is 1. The molecule has 1 aliphatic rings. The number of carbonyl (C=O) groups is 3. The van der Waals surface area contributed by atoms with Crippen LogP contribution in [0.5, 0.6) is 0 Å². The highest BCUT2D eigenvalue weighted by Gasteiger charge is 2.28. The topological polar surface area (TPSA) is 79.0 Å². The Morgan fingerprint density at radius 2 is 1.59 bits per heavy atom. The number of amides is 2. The number of hydrogen-bond acceptors (Lipinski definition) is 5. The Morgan fingerprint density at radius 3 is 2.26 bits per heavy atom. The standard InChI is InChI=1S/C27H35N3O4/c1-3-29-17-7-8-19-30(26(32)22-12-14-23(15-13-22)27(33)34-2)24(21-10-5-4-6-11-21)20-25(31)28-16-9-18-29/h4-6,10-15,24H,3,7-9,16-20H2,1-2H3,(H,28,31). The molecule has 1 atom stereocenters. The van der Waals surface area contributed by atoms with Gasteiger partial charge in [-0.05, 0) is 68.7 Å². The van der Waals surface area contributed by atoms with Crippen LogP contribution in [-0.2, 0) is 9.53 Å². The minimum atomic E-state index is -0.444. The molecule has 1 N–H and O–H groups in total. The summed E-state index contributed by atoms with van der Waals surface area (Å²) in [7, 11) is 1.33. The van der Waals surface area contributed by atoms with E-state index in [4.69, 9.17) is 4.74 Å². The number of nitrogens with zero attached hydrogens (tertiary/aromatic N) is 2.